The first-order valence-corrected chi connectivity index (χ1v) is 9.64. The van der Waals surface area contributed by atoms with E-state index in [1.54, 1.807) is 32.5 Å². The van der Waals surface area contributed by atoms with E-state index in [-0.39, 0.29) is 5.91 Å². The van der Waals surface area contributed by atoms with Crippen LogP contribution in [0.5, 0.6) is 5.75 Å². The Morgan fingerprint density at radius 3 is 2.64 bits per heavy atom. The minimum Gasteiger partial charge on any atom is -0.493 e. The first-order chi connectivity index (χ1) is 13.7. The normalized spacial score (nSPS) is 13.5. The van der Waals surface area contributed by atoms with Gasteiger partial charge in [0.05, 0.1) is 12.8 Å². The van der Waals surface area contributed by atoms with Gasteiger partial charge in [-0.15, -0.1) is 0 Å². The van der Waals surface area contributed by atoms with Gasteiger partial charge in [-0.2, -0.15) is 5.10 Å². The van der Waals surface area contributed by atoms with Crippen LogP contribution in [-0.4, -0.2) is 34.8 Å². The molecule has 0 fully saturated rings. The zero-order chi connectivity index (χ0) is 19.5. The molecule has 0 unspecified atom stereocenters. The zero-order valence-corrected chi connectivity index (χ0v) is 16.3. The third-order valence-corrected chi connectivity index (χ3v) is 5.23. The van der Waals surface area contributed by atoms with Crippen LogP contribution in [0.4, 0.5) is 5.82 Å². The lowest BCUT2D eigenvalue weighted by Crippen LogP contribution is -2.29. The number of pyridine rings is 1. The van der Waals surface area contributed by atoms with Gasteiger partial charge < -0.3 is 4.74 Å². The average molecular weight is 376 g/mol. The number of methoxy groups -OCH3 is 1. The molecule has 6 heteroatoms. The number of anilines is 1. The van der Waals surface area contributed by atoms with Crippen molar-refractivity contribution in [2.75, 3.05) is 19.1 Å². The molecule has 1 aliphatic rings. The van der Waals surface area contributed by atoms with E-state index in [4.69, 9.17) is 9.84 Å². The first kappa shape index (κ1) is 18.2. The molecule has 0 saturated heterocycles. The maximum absolute atomic E-state index is 13.4. The highest BCUT2D eigenvalue weighted by atomic mass is 16.5. The maximum Gasteiger partial charge on any atom is 0.280 e. The smallest absolute Gasteiger partial charge is 0.280 e. The number of ether oxygens (including phenoxy) is 1. The molecule has 1 aromatic carbocycles. The molecule has 2 heterocycles. The number of nitrogens with zero attached hydrogens (tertiary/aromatic N) is 4. The van der Waals surface area contributed by atoms with Crippen LogP contribution in [0.2, 0.25) is 0 Å². The summed E-state index contributed by atoms with van der Waals surface area (Å²) in [7, 11) is 3.30. The van der Waals surface area contributed by atoms with Crippen LogP contribution < -0.4 is 9.64 Å². The van der Waals surface area contributed by atoms with Gasteiger partial charge in [0.25, 0.3) is 5.91 Å². The van der Waals surface area contributed by atoms with Crippen molar-refractivity contribution in [3.8, 4) is 11.4 Å². The molecule has 0 aliphatic heterocycles. The van der Waals surface area contributed by atoms with E-state index in [0.717, 1.165) is 42.6 Å². The third-order valence-electron chi connectivity index (χ3n) is 5.23. The molecular formula is C22H24N4O2. The lowest BCUT2D eigenvalue weighted by Gasteiger charge is -2.18. The summed E-state index contributed by atoms with van der Waals surface area (Å²) < 4.78 is 7.32. The molecule has 6 nitrogen and oxygen atoms in total. The van der Waals surface area contributed by atoms with E-state index in [9.17, 15) is 4.79 Å². The molecular weight excluding hydrogens is 352 g/mol. The standard InChI is InChI=1S/C22H24N4O2/c1-25(21-19(28-2)14-9-15-23-21)22(27)20-17-12-7-4-8-13-18(17)26(24-20)16-10-5-3-6-11-16/h3,5-6,9-11,14-15H,4,7-8,12-13H2,1-2H3. The summed E-state index contributed by atoms with van der Waals surface area (Å²) in [6.07, 6.45) is 6.82. The van der Waals surface area contributed by atoms with Crippen molar-refractivity contribution >= 4 is 11.7 Å². The van der Waals surface area contributed by atoms with Crippen molar-refractivity contribution in [1.82, 2.24) is 14.8 Å². The van der Waals surface area contributed by atoms with Gasteiger partial charge in [-0.25, -0.2) is 9.67 Å². The summed E-state index contributed by atoms with van der Waals surface area (Å²) in [4.78, 5) is 19.3. The summed E-state index contributed by atoms with van der Waals surface area (Å²) in [5, 5.41) is 4.76. The van der Waals surface area contributed by atoms with Gasteiger partial charge in [0.1, 0.15) is 0 Å². The number of fused-ring (bicyclic) bond motifs is 1. The predicted molar refractivity (Wildman–Crippen MR) is 108 cm³/mol. The topological polar surface area (TPSA) is 60.2 Å². The molecule has 2 aromatic heterocycles. The van der Waals surface area contributed by atoms with Gasteiger partial charge in [0.2, 0.25) is 0 Å². The lowest BCUT2D eigenvalue weighted by molar-refractivity contribution is 0.0985. The van der Waals surface area contributed by atoms with Gasteiger partial charge >= 0.3 is 0 Å². The largest absolute Gasteiger partial charge is 0.493 e. The SMILES string of the molecule is COc1cccnc1N(C)C(=O)c1nn(-c2ccccc2)c2c1CCCCC2. The van der Waals surface area contributed by atoms with Gasteiger partial charge in [-0.1, -0.05) is 24.6 Å². The molecule has 28 heavy (non-hydrogen) atoms. The monoisotopic (exact) mass is 376 g/mol. The van der Waals surface area contributed by atoms with Crippen LogP contribution >= 0.6 is 0 Å². The Balaban J connectivity index is 1.79. The molecule has 0 radical (unpaired) electrons. The van der Waals surface area contributed by atoms with Crippen LogP contribution in [0.3, 0.4) is 0 Å². The second kappa shape index (κ2) is 7.84. The number of rotatable bonds is 4. The number of aromatic nitrogens is 3. The summed E-state index contributed by atoms with van der Waals surface area (Å²) in [6, 6.07) is 13.6. The fourth-order valence-electron chi connectivity index (χ4n) is 3.78. The number of amides is 1. The van der Waals surface area contributed by atoms with E-state index < -0.39 is 0 Å². The zero-order valence-electron chi connectivity index (χ0n) is 16.3. The average Bonchev–Trinajstić information content (AvgIpc) is 2.93. The van der Waals surface area contributed by atoms with E-state index in [2.05, 4.69) is 4.98 Å². The van der Waals surface area contributed by atoms with Gasteiger partial charge in [-0.05, 0) is 49.9 Å². The second-order valence-electron chi connectivity index (χ2n) is 6.98. The highest BCUT2D eigenvalue weighted by Crippen LogP contribution is 2.29. The fourth-order valence-corrected chi connectivity index (χ4v) is 3.78. The van der Waals surface area contributed by atoms with Gasteiger partial charge in [0.15, 0.2) is 17.3 Å². The highest BCUT2D eigenvalue weighted by Gasteiger charge is 2.28. The molecule has 0 atom stereocenters. The highest BCUT2D eigenvalue weighted by molar-refractivity contribution is 6.05. The molecule has 0 saturated carbocycles. The van der Waals surface area contributed by atoms with E-state index in [0.29, 0.717) is 17.3 Å². The number of hydrogen-bond donors (Lipinski definition) is 0. The Morgan fingerprint density at radius 2 is 1.86 bits per heavy atom. The Kier molecular flexibility index (Phi) is 5.10. The van der Waals surface area contributed by atoms with Crippen LogP contribution in [0.1, 0.15) is 41.0 Å². The molecule has 1 amide bonds. The van der Waals surface area contributed by atoms with Crippen molar-refractivity contribution in [1.29, 1.82) is 0 Å². The van der Waals surface area contributed by atoms with E-state index in [1.807, 2.05) is 35.0 Å². The van der Waals surface area contributed by atoms with Crippen LogP contribution in [0.25, 0.3) is 5.69 Å². The molecule has 1 aliphatic carbocycles. The summed E-state index contributed by atoms with van der Waals surface area (Å²) >= 11 is 0. The van der Waals surface area contributed by atoms with Crippen molar-refractivity contribution < 1.29 is 9.53 Å². The van der Waals surface area contributed by atoms with Crippen LogP contribution in [-0.2, 0) is 12.8 Å². The van der Waals surface area contributed by atoms with Crippen LogP contribution in [0, 0.1) is 0 Å². The number of carbonyl (C=O) groups is 1. The van der Waals surface area contributed by atoms with Gasteiger partial charge in [-0.3, -0.25) is 9.69 Å². The minimum atomic E-state index is -0.162. The van der Waals surface area contributed by atoms with Crippen molar-refractivity contribution in [3.05, 3.63) is 65.6 Å². The molecule has 4 rings (SSSR count). The number of hydrogen-bond acceptors (Lipinski definition) is 4. The fraction of sp³-hybridized carbons (Fsp3) is 0.318. The van der Waals surface area contributed by atoms with Gasteiger partial charge in [0, 0.05) is 24.5 Å². The number of benzene rings is 1. The third kappa shape index (κ3) is 3.26. The Labute approximate surface area is 164 Å². The van der Waals surface area contributed by atoms with Crippen molar-refractivity contribution in [2.24, 2.45) is 0 Å². The Morgan fingerprint density at radius 1 is 1.07 bits per heavy atom. The second-order valence-corrected chi connectivity index (χ2v) is 6.98. The van der Waals surface area contributed by atoms with Crippen molar-refractivity contribution in [3.63, 3.8) is 0 Å². The molecule has 3 aromatic rings. The predicted octanol–water partition coefficient (Wildman–Crippen LogP) is 3.82. The maximum atomic E-state index is 13.4. The quantitative estimate of drug-likeness (QED) is 0.650. The first-order valence-electron chi connectivity index (χ1n) is 9.64. The summed E-state index contributed by atoms with van der Waals surface area (Å²) in [5.41, 5.74) is 3.70. The number of carbonyl (C=O) groups excluding carboxylic acids is 1. The summed E-state index contributed by atoms with van der Waals surface area (Å²) in [6.45, 7) is 0. The summed E-state index contributed by atoms with van der Waals surface area (Å²) in [5.74, 6) is 0.892. The molecule has 0 bridgehead atoms. The molecule has 144 valence electrons. The van der Waals surface area contributed by atoms with Crippen molar-refractivity contribution in [2.45, 2.75) is 32.1 Å². The Bertz CT molecular complexity index is 981. The Hall–Kier alpha value is -3.15. The number of para-hydroxylation sites is 1. The van der Waals surface area contributed by atoms with Crippen LogP contribution in [0.15, 0.2) is 48.7 Å². The van der Waals surface area contributed by atoms with E-state index >= 15 is 0 Å². The van der Waals surface area contributed by atoms with E-state index in [1.165, 1.54) is 11.3 Å². The minimum absolute atomic E-state index is 0.162. The lowest BCUT2D eigenvalue weighted by atomic mass is 10.1. The molecule has 0 N–H and O–H groups in total. The molecule has 0 spiro atoms.